The lowest BCUT2D eigenvalue weighted by Gasteiger charge is -2.32. The molecule has 9 heteroatoms. The molecule has 4 rings (SSSR count). The maximum atomic E-state index is 12.1. The molecule has 122 valence electrons. The third-order valence-corrected chi connectivity index (χ3v) is 4.78. The molecule has 4 unspecified atom stereocenters. The molecule has 2 aliphatic heterocycles. The van der Waals surface area contributed by atoms with Crippen LogP contribution in [0.1, 0.15) is 49.3 Å². The lowest BCUT2D eigenvalue weighted by molar-refractivity contribution is -0.352. The van der Waals surface area contributed by atoms with E-state index in [2.05, 4.69) is 14.9 Å². The second-order valence-electron chi connectivity index (χ2n) is 6.29. The first-order chi connectivity index (χ1) is 10.4. The SMILES string of the molecule is NC1CC2OC1CC2c1nnc([C@H]2C[C@@H](OC(F)(F)F)C2)o1. The Bertz CT molecular complexity index is 556. The van der Waals surface area contributed by atoms with Crippen molar-refractivity contribution in [3.05, 3.63) is 11.8 Å². The van der Waals surface area contributed by atoms with Crippen LogP contribution in [-0.4, -0.2) is 40.9 Å². The summed E-state index contributed by atoms with van der Waals surface area (Å²) in [5, 5.41) is 8.02. The molecule has 4 atom stereocenters. The average Bonchev–Trinajstić information content (AvgIpc) is 3.05. The number of nitrogens with two attached hydrogens (primary N) is 1. The average molecular weight is 319 g/mol. The molecule has 3 heterocycles. The Morgan fingerprint density at radius 2 is 1.77 bits per heavy atom. The van der Waals surface area contributed by atoms with Crippen molar-refractivity contribution in [3.63, 3.8) is 0 Å². The number of hydrogen-bond donors (Lipinski definition) is 1. The van der Waals surface area contributed by atoms with Crippen molar-refractivity contribution in [2.24, 2.45) is 5.73 Å². The molecule has 1 aromatic heterocycles. The fourth-order valence-electron chi connectivity index (χ4n) is 3.57. The zero-order chi connectivity index (χ0) is 15.5. The summed E-state index contributed by atoms with van der Waals surface area (Å²) < 4.78 is 51.6. The highest BCUT2D eigenvalue weighted by molar-refractivity contribution is 5.10. The van der Waals surface area contributed by atoms with Gasteiger partial charge in [-0.25, -0.2) is 0 Å². The molecular weight excluding hydrogens is 303 g/mol. The van der Waals surface area contributed by atoms with Crippen LogP contribution in [-0.2, 0) is 9.47 Å². The summed E-state index contributed by atoms with van der Waals surface area (Å²) >= 11 is 0. The Labute approximate surface area is 124 Å². The molecule has 0 radical (unpaired) electrons. The molecule has 1 aliphatic carbocycles. The van der Waals surface area contributed by atoms with Crippen LogP contribution in [0.15, 0.2) is 4.42 Å². The molecule has 22 heavy (non-hydrogen) atoms. The minimum Gasteiger partial charge on any atom is -0.425 e. The lowest BCUT2D eigenvalue weighted by Crippen LogP contribution is -2.34. The van der Waals surface area contributed by atoms with Crippen LogP contribution in [0.5, 0.6) is 0 Å². The van der Waals surface area contributed by atoms with E-state index in [0.717, 1.165) is 12.8 Å². The second-order valence-corrected chi connectivity index (χ2v) is 6.29. The van der Waals surface area contributed by atoms with Crippen molar-refractivity contribution in [2.45, 2.75) is 68.2 Å². The molecule has 2 bridgehead atoms. The fourth-order valence-corrected chi connectivity index (χ4v) is 3.57. The minimum absolute atomic E-state index is 0.0102. The highest BCUT2D eigenvalue weighted by Crippen LogP contribution is 2.45. The molecule has 1 saturated carbocycles. The summed E-state index contributed by atoms with van der Waals surface area (Å²) in [5.74, 6) is 0.794. The molecule has 2 N–H and O–H groups in total. The van der Waals surface area contributed by atoms with Crippen LogP contribution in [0.25, 0.3) is 0 Å². The molecule has 3 aliphatic rings. The fraction of sp³-hybridized carbons (Fsp3) is 0.846. The summed E-state index contributed by atoms with van der Waals surface area (Å²) in [6.45, 7) is 0. The van der Waals surface area contributed by atoms with Crippen molar-refractivity contribution in [3.8, 4) is 0 Å². The van der Waals surface area contributed by atoms with Crippen LogP contribution >= 0.6 is 0 Å². The van der Waals surface area contributed by atoms with Gasteiger partial charge in [0.05, 0.1) is 24.2 Å². The Balaban J connectivity index is 1.36. The van der Waals surface area contributed by atoms with E-state index in [-0.39, 0.29) is 42.9 Å². The van der Waals surface area contributed by atoms with Crippen LogP contribution in [0.4, 0.5) is 13.2 Å². The molecule has 1 aromatic rings. The van der Waals surface area contributed by atoms with Crippen molar-refractivity contribution < 1.29 is 27.1 Å². The Kier molecular flexibility index (Phi) is 3.21. The van der Waals surface area contributed by atoms with Gasteiger partial charge in [0.15, 0.2) is 0 Å². The highest BCUT2D eigenvalue weighted by atomic mass is 19.4. The van der Waals surface area contributed by atoms with Gasteiger partial charge in [0.1, 0.15) is 0 Å². The van der Waals surface area contributed by atoms with E-state index in [1.165, 1.54) is 0 Å². The van der Waals surface area contributed by atoms with Gasteiger partial charge in [0, 0.05) is 12.0 Å². The molecule has 2 saturated heterocycles. The number of halogens is 3. The lowest BCUT2D eigenvalue weighted by atomic mass is 9.82. The normalized spacial score (nSPS) is 40.9. The number of rotatable bonds is 3. The summed E-state index contributed by atoms with van der Waals surface area (Å²) in [6.07, 6.45) is -3.32. The first-order valence-electron chi connectivity index (χ1n) is 7.38. The van der Waals surface area contributed by atoms with E-state index in [4.69, 9.17) is 14.9 Å². The molecular formula is C13H16F3N3O3. The monoisotopic (exact) mass is 319 g/mol. The number of ether oxygens (including phenoxy) is 2. The van der Waals surface area contributed by atoms with E-state index in [0.29, 0.717) is 11.8 Å². The number of aromatic nitrogens is 2. The molecule has 0 spiro atoms. The van der Waals surface area contributed by atoms with Crippen molar-refractivity contribution in [1.29, 1.82) is 0 Å². The summed E-state index contributed by atoms with van der Waals surface area (Å²) in [7, 11) is 0. The zero-order valence-corrected chi connectivity index (χ0v) is 11.6. The maximum Gasteiger partial charge on any atom is 0.522 e. The van der Waals surface area contributed by atoms with Gasteiger partial charge >= 0.3 is 6.36 Å². The van der Waals surface area contributed by atoms with Crippen molar-refractivity contribution >= 4 is 0 Å². The van der Waals surface area contributed by atoms with Gasteiger partial charge in [-0.1, -0.05) is 0 Å². The van der Waals surface area contributed by atoms with E-state index in [9.17, 15) is 13.2 Å². The summed E-state index contributed by atoms with van der Waals surface area (Å²) in [5.41, 5.74) is 5.91. The predicted octanol–water partition coefficient (Wildman–Crippen LogP) is 1.82. The second kappa shape index (κ2) is 4.90. The highest BCUT2D eigenvalue weighted by Gasteiger charge is 2.49. The van der Waals surface area contributed by atoms with Crippen molar-refractivity contribution in [2.75, 3.05) is 0 Å². The largest absolute Gasteiger partial charge is 0.522 e. The first-order valence-corrected chi connectivity index (χ1v) is 7.38. The van der Waals surface area contributed by atoms with Gasteiger partial charge in [-0.2, -0.15) is 0 Å². The summed E-state index contributed by atoms with van der Waals surface area (Å²) in [6, 6.07) is 0.0653. The van der Waals surface area contributed by atoms with Crippen LogP contribution in [0.3, 0.4) is 0 Å². The van der Waals surface area contributed by atoms with E-state index in [1.807, 2.05) is 0 Å². The zero-order valence-electron chi connectivity index (χ0n) is 11.6. The third kappa shape index (κ3) is 2.50. The van der Waals surface area contributed by atoms with Gasteiger partial charge in [0.2, 0.25) is 11.8 Å². The van der Waals surface area contributed by atoms with E-state index >= 15 is 0 Å². The maximum absolute atomic E-state index is 12.1. The standard InChI is InChI=1S/C13H16F3N3O3/c14-13(15,16)22-6-1-5(2-6)11-18-19-12(21-11)7-3-10-8(17)4-9(7)20-10/h5-10H,1-4,17H2/t5-,6+,7?,8?,9?,10?. The quantitative estimate of drug-likeness (QED) is 0.915. The number of hydrogen-bond acceptors (Lipinski definition) is 6. The summed E-state index contributed by atoms with van der Waals surface area (Å²) in [4.78, 5) is 0. The number of nitrogens with zero attached hydrogens (tertiary/aromatic N) is 2. The van der Waals surface area contributed by atoms with Gasteiger partial charge in [0.25, 0.3) is 0 Å². The van der Waals surface area contributed by atoms with Crippen LogP contribution in [0.2, 0.25) is 0 Å². The predicted molar refractivity (Wildman–Crippen MR) is 65.8 cm³/mol. The number of fused-ring (bicyclic) bond motifs is 2. The molecule has 0 amide bonds. The van der Waals surface area contributed by atoms with Crippen LogP contribution < -0.4 is 5.73 Å². The molecule has 3 fully saturated rings. The minimum atomic E-state index is -4.59. The van der Waals surface area contributed by atoms with Gasteiger partial charge in [-0.15, -0.1) is 23.4 Å². The smallest absolute Gasteiger partial charge is 0.425 e. The number of alkyl halides is 3. The molecule has 6 nitrogen and oxygen atoms in total. The Morgan fingerprint density at radius 1 is 1.05 bits per heavy atom. The Morgan fingerprint density at radius 3 is 2.36 bits per heavy atom. The molecule has 0 aromatic carbocycles. The van der Waals surface area contributed by atoms with E-state index < -0.39 is 12.5 Å². The van der Waals surface area contributed by atoms with Gasteiger partial charge in [-0.3, -0.25) is 4.74 Å². The van der Waals surface area contributed by atoms with Gasteiger partial charge in [-0.05, 0) is 25.7 Å². The third-order valence-electron chi connectivity index (χ3n) is 4.78. The Hall–Kier alpha value is -1.19. The van der Waals surface area contributed by atoms with Gasteiger partial charge < -0.3 is 14.9 Å². The van der Waals surface area contributed by atoms with E-state index in [1.54, 1.807) is 0 Å². The topological polar surface area (TPSA) is 83.4 Å². The first kappa shape index (κ1) is 14.4. The van der Waals surface area contributed by atoms with Crippen molar-refractivity contribution in [1.82, 2.24) is 10.2 Å². The van der Waals surface area contributed by atoms with Crippen LogP contribution in [0, 0.1) is 0 Å².